The first-order valence-corrected chi connectivity index (χ1v) is 5.82. The van der Waals surface area contributed by atoms with Crippen molar-refractivity contribution in [3.63, 3.8) is 0 Å². The van der Waals surface area contributed by atoms with Crippen LogP contribution in [-0.2, 0) is 0 Å². The van der Waals surface area contributed by atoms with Gasteiger partial charge < -0.3 is 5.73 Å². The van der Waals surface area contributed by atoms with Gasteiger partial charge in [-0.2, -0.15) is 5.10 Å². The molecule has 0 saturated carbocycles. The number of benzene rings is 1. The summed E-state index contributed by atoms with van der Waals surface area (Å²) in [7, 11) is 0. The van der Waals surface area contributed by atoms with E-state index < -0.39 is 0 Å². The molecule has 2 aromatic heterocycles. The van der Waals surface area contributed by atoms with Gasteiger partial charge in [-0.1, -0.05) is 29.8 Å². The van der Waals surface area contributed by atoms with Gasteiger partial charge in [0.25, 0.3) is 0 Å². The van der Waals surface area contributed by atoms with Crippen molar-refractivity contribution in [1.29, 1.82) is 0 Å². The maximum absolute atomic E-state index is 6.11. The van der Waals surface area contributed by atoms with Crippen molar-refractivity contribution in [2.45, 2.75) is 13.8 Å². The minimum absolute atomic E-state index is 0.624. The van der Waals surface area contributed by atoms with E-state index in [0.717, 1.165) is 16.8 Å². The molecule has 0 bridgehead atoms. The Hall–Kier alpha value is -2.36. The third-order valence-electron chi connectivity index (χ3n) is 2.96. The van der Waals surface area contributed by atoms with E-state index in [9.17, 15) is 0 Å². The summed E-state index contributed by atoms with van der Waals surface area (Å²) in [6.07, 6.45) is 3.72. The van der Waals surface area contributed by atoms with Crippen molar-refractivity contribution in [3.8, 4) is 11.3 Å². The van der Waals surface area contributed by atoms with Crippen LogP contribution in [0.5, 0.6) is 0 Å². The quantitative estimate of drug-likeness (QED) is 0.709. The first-order valence-electron chi connectivity index (χ1n) is 5.82. The second kappa shape index (κ2) is 3.84. The Morgan fingerprint density at radius 1 is 1.06 bits per heavy atom. The van der Waals surface area contributed by atoms with Crippen LogP contribution in [0.1, 0.15) is 11.1 Å². The maximum atomic E-state index is 6.11. The summed E-state index contributed by atoms with van der Waals surface area (Å²) in [5.74, 6) is 0. The molecule has 0 atom stereocenters. The van der Waals surface area contributed by atoms with Gasteiger partial charge >= 0.3 is 0 Å². The van der Waals surface area contributed by atoms with E-state index in [1.54, 1.807) is 10.7 Å². The lowest BCUT2D eigenvalue weighted by molar-refractivity contribution is 0.931. The topological polar surface area (TPSA) is 56.2 Å². The molecule has 2 heterocycles. The second-order valence-corrected chi connectivity index (χ2v) is 4.53. The van der Waals surface area contributed by atoms with E-state index in [2.05, 4.69) is 29.1 Å². The van der Waals surface area contributed by atoms with E-state index in [-0.39, 0.29) is 0 Å². The monoisotopic (exact) mass is 238 g/mol. The van der Waals surface area contributed by atoms with Crippen molar-refractivity contribution in [1.82, 2.24) is 14.6 Å². The first kappa shape index (κ1) is 10.8. The predicted molar refractivity (Wildman–Crippen MR) is 72.3 cm³/mol. The molecule has 2 N–H and O–H groups in total. The minimum atomic E-state index is 0.624. The van der Waals surface area contributed by atoms with E-state index in [4.69, 9.17) is 5.73 Å². The molecule has 4 nitrogen and oxygen atoms in total. The van der Waals surface area contributed by atoms with Crippen LogP contribution in [0.2, 0.25) is 0 Å². The molecule has 0 spiro atoms. The molecule has 0 aliphatic carbocycles. The molecule has 90 valence electrons. The Bertz CT molecular complexity index is 710. The van der Waals surface area contributed by atoms with E-state index in [1.165, 1.54) is 5.56 Å². The lowest BCUT2D eigenvalue weighted by atomic mass is 10.1. The van der Waals surface area contributed by atoms with Gasteiger partial charge in [-0.25, -0.2) is 9.50 Å². The van der Waals surface area contributed by atoms with Crippen molar-refractivity contribution >= 4 is 11.3 Å². The molecule has 0 amide bonds. The summed E-state index contributed by atoms with van der Waals surface area (Å²) in [5.41, 5.74) is 11.5. The van der Waals surface area contributed by atoms with Crippen molar-refractivity contribution in [3.05, 3.63) is 47.8 Å². The number of rotatable bonds is 1. The average Bonchev–Trinajstić information content (AvgIpc) is 2.67. The lowest BCUT2D eigenvalue weighted by Crippen LogP contribution is -1.92. The molecule has 0 saturated heterocycles. The fourth-order valence-electron chi connectivity index (χ4n) is 1.97. The Morgan fingerprint density at radius 2 is 1.78 bits per heavy atom. The number of aryl methyl sites for hydroxylation is 2. The van der Waals surface area contributed by atoms with Crippen LogP contribution in [0.25, 0.3) is 16.9 Å². The number of aromatic nitrogens is 3. The van der Waals surface area contributed by atoms with Crippen LogP contribution in [0, 0.1) is 13.8 Å². The predicted octanol–water partition coefficient (Wildman–Crippen LogP) is 2.60. The molecule has 1 aromatic carbocycles. The highest BCUT2D eigenvalue weighted by Gasteiger charge is 2.12. The summed E-state index contributed by atoms with van der Waals surface area (Å²) in [4.78, 5) is 4.32. The second-order valence-electron chi connectivity index (χ2n) is 4.53. The molecule has 0 aliphatic rings. The summed E-state index contributed by atoms with van der Waals surface area (Å²) in [6.45, 7) is 4.04. The van der Waals surface area contributed by atoms with E-state index in [0.29, 0.717) is 11.3 Å². The van der Waals surface area contributed by atoms with Gasteiger partial charge in [-0.15, -0.1) is 0 Å². The molecule has 0 radical (unpaired) electrons. The third kappa shape index (κ3) is 1.62. The molecular formula is C14H14N4. The normalized spacial score (nSPS) is 11.0. The Labute approximate surface area is 105 Å². The highest BCUT2D eigenvalue weighted by atomic mass is 15.3. The summed E-state index contributed by atoms with van der Waals surface area (Å²) in [6, 6.07) is 8.16. The molecule has 0 fully saturated rings. The zero-order chi connectivity index (χ0) is 12.7. The Balaban J connectivity index is 2.23. The molecule has 3 rings (SSSR count). The van der Waals surface area contributed by atoms with Crippen molar-refractivity contribution in [2.75, 3.05) is 5.73 Å². The smallest absolute Gasteiger partial charge is 0.178 e. The molecule has 18 heavy (non-hydrogen) atoms. The Kier molecular flexibility index (Phi) is 2.30. The summed E-state index contributed by atoms with van der Waals surface area (Å²) < 4.78 is 1.74. The van der Waals surface area contributed by atoms with Gasteiger partial charge in [0, 0.05) is 18.0 Å². The largest absolute Gasteiger partial charge is 0.394 e. The van der Waals surface area contributed by atoms with Crippen molar-refractivity contribution in [2.24, 2.45) is 0 Å². The fourth-order valence-corrected chi connectivity index (χ4v) is 1.97. The van der Waals surface area contributed by atoms with Crippen LogP contribution in [0.4, 0.5) is 5.69 Å². The molecule has 0 aliphatic heterocycles. The van der Waals surface area contributed by atoms with Gasteiger partial charge in [0.15, 0.2) is 5.65 Å². The van der Waals surface area contributed by atoms with Crippen LogP contribution in [-0.4, -0.2) is 14.6 Å². The lowest BCUT2D eigenvalue weighted by Gasteiger charge is -1.98. The number of hydrogen-bond acceptors (Lipinski definition) is 3. The SMILES string of the molecule is Cc1ccc(-c2nn3cc(C)cnc3c2N)cc1. The first-order chi connectivity index (χ1) is 8.65. The molecule has 4 heteroatoms. The standard InChI is InChI=1S/C14H14N4/c1-9-3-5-11(6-4-9)13-12(15)14-16-7-10(2)8-18(14)17-13/h3-8H,15H2,1-2H3. The molecule has 3 aromatic rings. The molecule has 0 unspecified atom stereocenters. The number of anilines is 1. The zero-order valence-corrected chi connectivity index (χ0v) is 10.4. The third-order valence-corrected chi connectivity index (χ3v) is 2.96. The maximum Gasteiger partial charge on any atom is 0.178 e. The van der Waals surface area contributed by atoms with Gasteiger partial charge in [0.05, 0.1) is 0 Å². The van der Waals surface area contributed by atoms with Gasteiger partial charge in [-0.3, -0.25) is 0 Å². The Morgan fingerprint density at radius 3 is 2.50 bits per heavy atom. The van der Waals surface area contributed by atoms with Gasteiger partial charge in [-0.05, 0) is 19.4 Å². The zero-order valence-electron chi connectivity index (χ0n) is 10.4. The van der Waals surface area contributed by atoms with Crippen molar-refractivity contribution < 1.29 is 0 Å². The highest BCUT2D eigenvalue weighted by molar-refractivity contribution is 5.82. The van der Waals surface area contributed by atoms with E-state index in [1.807, 2.05) is 25.3 Å². The van der Waals surface area contributed by atoms with Crippen LogP contribution in [0.15, 0.2) is 36.7 Å². The highest BCUT2D eigenvalue weighted by Crippen LogP contribution is 2.27. The molecular weight excluding hydrogens is 224 g/mol. The minimum Gasteiger partial charge on any atom is -0.394 e. The van der Waals surface area contributed by atoms with Crippen LogP contribution in [0.3, 0.4) is 0 Å². The number of nitrogens with zero attached hydrogens (tertiary/aromatic N) is 3. The fraction of sp³-hybridized carbons (Fsp3) is 0.143. The number of fused-ring (bicyclic) bond motifs is 1. The van der Waals surface area contributed by atoms with Crippen LogP contribution >= 0.6 is 0 Å². The average molecular weight is 238 g/mol. The number of nitrogens with two attached hydrogens (primary N) is 1. The van der Waals surface area contributed by atoms with Gasteiger partial charge in [0.1, 0.15) is 11.4 Å². The summed E-state index contributed by atoms with van der Waals surface area (Å²) >= 11 is 0. The van der Waals surface area contributed by atoms with Crippen LogP contribution < -0.4 is 5.73 Å². The number of hydrogen-bond donors (Lipinski definition) is 1. The number of nitrogen functional groups attached to an aromatic ring is 1. The summed E-state index contributed by atoms with van der Waals surface area (Å²) in [5, 5.41) is 4.50. The van der Waals surface area contributed by atoms with E-state index >= 15 is 0 Å². The van der Waals surface area contributed by atoms with Gasteiger partial charge in [0.2, 0.25) is 0 Å².